The Labute approximate surface area is 215 Å². The molecule has 0 unspecified atom stereocenters. The predicted molar refractivity (Wildman–Crippen MR) is 131 cm³/mol. The van der Waals surface area contributed by atoms with Crippen LogP contribution in [0.25, 0.3) is 11.1 Å². The number of nitrogens with zero attached hydrogens (tertiary/aromatic N) is 3. The summed E-state index contributed by atoms with van der Waals surface area (Å²) in [5.74, 6) is -1.46. The SMILES string of the molecule is Cc1ccccc1N(C)C(=O)c1cc(-c2cnc(C(F)(F)F)cc2C#N)c(Cl)cc1OCCCC(=O)O. The number of hydrogen-bond acceptors (Lipinski definition) is 5. The molecule has 0 saturated carbocycles. The first-order valence-electron chi connectivity index (χ1n) is 10.9. The number of aliphatic carboxylic acids is 1. The highest BCUT2D eigenvalue weighted by atomic mass is 35.5. The number of carbonyl (C=O) groups is 2. The number of anilines is 1. The minimum absolute atomic E-state index is 0.00129. The molecule has 0 aliphatic rings. The zero-order valence-electron chi connectivity index (χ0n) is 19.8. The number of carbonyl (C=O) groups excluding carboxylic acids is 1. The molecule has 0 bridgehead atoms. The molecule has 3 rings (SSSR count). The van der Waals surface area contributed by atoms with E-state index in [1.165, 1.54) is 17.0 Å². The van der Waals surface area contributed by atoms with E-state index in [1.807, 2.05) is 19.1 Å². The van der Waals surface area contributed by atoms with Crippen molar-refractivity contribution in [2.45, 2.75) is 25.9 Å². The van der Waals surface area contributed by atoms with E-state index >= 15 is 0 Å². The van der Waals surface area contributed by atoms with Crippen molar-refractivity contribution in [3.8, 4) is 22.9 Å². The van der Waals surface area contributed by atoms with Gasteiger partial charge in [0.2, 0.25) is 0 Å². The van der Waals surface area contributed by atoms with Gasteiger partial charge in [0.05, 0.1) is 28.8 Å². The molecular formula is C26H21ClF3N3O4. The maximum Gasteiger partial charge on any atom is 0.433 e. The fraction of sp³-hybridized carbons (Fsp3) is 0.231. The Bertz CT molecular complexity index is 1390. The molecular weight excluding hydrogens is 511 g/mol. The smallest absolute Gasteiger partial charge is 0.433 e. The molecule has 0 radical (unpaired) electrons. The number of amides is 1. The second kappa shape index (κ2) is 11.3. The van der Waals surface area contributed by atoms with E-state index in [4.69, 9.17) is 21.4 Å². The number of pyridine rings is 1. The molecule has 0 fully saturated rings. The van der Waals surface area contributed by atoms with E-state index in [1.54, 1.807) is 25.2 Å². The van der Waals surface area contributed by atoms with Crippen LogP contribution in [0.3, 0.4) is 0 Å². The normalized spacial score (nSPS) is 11.1. The van der Waals surface area contributed by atoms with E-state index in [0.29, 0.717) is 11.8 Å². The van der Waals surface area contributed by atoms with Gasteiger partial charge in [0, 0.05) is 42.5 Å². The fourth-order valence-corrected chi connectivity index (χ4v) is 3.86. The predicted octanol–water partition coefficient (Wildman–Crippen LogP) is 6.12. The van der Waals surface area contributed by atoms with Crippen molar-refractivity contribution in [3.05, 3.63) is 76.1 Å². The van der Waals surface area contributed by atoms with Crippen molar-refractivity contribution in [1.29, 1.82) is 5.26 Å². The van der Waals surface area contributed by atoms with E-state index in [2.05, 4.69) is 4.98 Å². The quantitative estimate of drug-likeness (QED) is 0.351. The summed E-state index contributed by atoms with van der Waals surface area (Å²) in [7, 11) is 1.55. The van der Waals surface area contributed by atoms with Crippen molar-refractivity contribution in [3.63, 3.8) is 0 Å². The van der Waals surface area contributed by atoms with Crippen molar-refractivity contribution in [2.75, 3.05) is 18.6 Å². The first-order chi connectivity index (χ1) is 17.4. The molecule has 1 amide bonds. The lowest BCUT2D eigenvalue weighted by molar-refractivity contribution is -0.141. The minimum atomic E-state index is -4.75. The van der Waals surface area contributed by atoms with Crippen LogP contribution >= 0.6 is 11.6 Å². The highest BCUT2D eigenvalue weighted by molar-refractivity contribution is 6.34. The molecule has 11 heteroatoms. The summed E-state index contributed by atoms with van der Waals surface area (Å²) >= 11 is 6.43. The molecule has 1 aromatic heterocycles. The maximum absolute atomic E-state index is 13.6. The Hall–Kier alpha value is -4.10. The number of aryl methyl sites for hydroxylation is 1. The van der Waals surface area contributed by atoms with Crippen molar-refractivity contribution >= 4 is 29.2 Å². The van der Waals surface area contributed by atoms with Crippen molar-refractivity contribution < 1.29 is 32.6 Å². The van der Waals surface area contributed by atoms with E-state index in [0.717, 1.165) is 11.8 Å². The molecule has 1 N–H and O–H groups in total. The van der Waals surface area contributed by atoms with Gasteiger partial charge >= 0.3 is 12.1 Å². The lowest BCUT2D eigenvalue weighted by Crippen LogP contribution is -2.27. The third-order valence-electron chi connectivity index (χ3n) is 5.48. The Morgan fingerprint density at radius 2 is 1.89 bits per heavy atom. The van der Waals surface area contributed by atoms with Crippen LogP contribution in [-0.4, -0.2) is 35.6 Å². The molecule has 37 heavy (non-hydrogen) atoms. The minimum Gasteiger partial charge on any atom is -0.493 e. The zero-order valence-corrected chi connectivity index (χ0v) is 20.5. The zero-order chi connectivity index (χ0) is 27.3. The fourth-order valence-electron chi connectivity index (χ4n) is 3.60. The van der Waals surface area contributed by atoms with Gasteiger partial charge in [0.15, 0.2) is 0 Å². The summed E-state index contributed by atoms with van der Waals surface area (Å²) in [5, 5.41) is 18.4. The molecule has 1 heterocycles. The van der Waals surface area contributed by atoms with Crippen LogP contribution in [0, 0.1) is 18.3 Å². The monoisotopic (exact) mass is 531 g/mol. The summed E-state index contributed by atoms with van der Waals surface area (Å²) in [6.45, 7) is 1.80. The Kier molecular flexibility index (Phi) is 8.40. The number of benzene rings is 2. The van der Waals surface area contributed by atoms with E-state index in [9.17, 15) is 28.0 Å². The first-order valence-corrected chi connectivity index (χ1v) is 11.3. The molecule has 2 aromatic carbocycles. The van der Waals surface area contributed by atoms with Gasteiger partial charge < -0.3 is 14.7 Å². The summed E-state index contributed by atoms with van der Waals surface area (Å²) in [5.41, 5.74) is -0.0125. The number of alkyl halides is 3. The number of rotatable bonds is 8. The van der Waals surface area contributed by atoms with Crippen LogP contribution in [0.4, 0.5) is 18.9 Å². The van der Waals surface area contributed by atoms with Gasteiger partial charge in [0.25, 0.3) is 5.91 Å². The van der Waals surface area contributed by atoms with Gasteiger partial charge in [-0.05, 0) is 37.1 Å². The molecule has 3 aromatic rings. The number of para-hydroxylation sites is 1. The van der Waals surface area contributed by atoms with Gasteiger partial charge in [-0.1, -0.05) is 29.8 Å². The lowest BCUT2D eigenvalue weighted by Gasteiger charge is -2.22. The largest absolute Gasteiger partial charge is 0.493 e. The van der Waals surface area contributed by atoms with Crippen LogP contribution < -0.4 is 9.64 Å². The molecule has 0 aliphatic heterocycles. The highest BCUT2D eigenvalue weighted by Gasteiger charge is 2.33. The summed E-state index contributed by atoms with van der Waals surface area (Å²) in [6, 6.07) is 12.1. The van der Waals surface area contributed by atoms with Crippen LogP contribution in [-0.2, 0) is 11.0 Å². The number of carboxylic acid groups (broad SMARTS) is 1. The average molecular weight is 532 g/mol. The van der Waals surface area contributed by atoms with Crippen molar-refractivity contribution in [1.82, 2.24) is 4.98 Å². The number of halogens is 4. The second-order valence-corrected chi connectivity index (χ2v) is 8.46. The number of hydrogen-bond donors (Lipinski definition) is 1. The summed E-state index contributed by atoms with van der Waals surface area (Å²) in [6.07, 6.45) is -3.85. The molecule has 7 nitrogen and oxygen atoms in total. The molecule has 192 valence electrons. The summed E-state index contributed by atoms with van der Waals surface area (Å²) in [4.78, 5) is 29.2. The number of nitriles is 1. The Morgan fingerprint density at radius 1 is 1.19 bits per heavy atom. The second-order valence-electron chi connectivity index (χ2n) is 8.05. The number of carboxylic acids is 1. The van der Waals surface area contributed by atoms with Crippen LogP contribution in [0.5, 0.6) is 5.75 Å². The first kappa shape index (κ1) is 27.5. The standard InChI is InChI=1S/C26H21ClF3N3O4/c1-15-6-3-4-7-21(15)33(2)25(36)18-11-17(20(27)12-22(18)37-9-5-8-24(34)35)19-14-32-23(26(28,29)30)10-16(19)13-31/h3-4,6-7,10-12,14H,5,8-9H2,1-2H3,(H,34,35). The molecule has 0 aliphatic carbocycles. The van der Waals surface area contributed by atoms with E-state index in [-0.39, 0.29) is 52.5 Å². The van der Waals surface area contributed by atoms with Crippen LogP contribution in [0.15, 0.2) is 48.7 Å². The Morgan fingerprint density at radius 3 is 2.51 bits per heavy atom. The van der Waals surface area contributed by atoms with Gasteiger partial charge in [-0.2, -0.15) is 18.4 Å². The van der Waals surface area contributed by atoms with Crippen LogP contribution in [0.1, 0.15) is 40.0 Å². The lowest BCUT2D eigenvalue weighted by atomic mass is 9.98. The topological polar surface area (TPSA) is 104 Å². The molecule has 0 atom stereocenters. The van der Waals surface area contributed by atoms with E-state index < -0.39 is 23.7 Å². The maximum atomic E-state index is 13.6. The number of aromatic nitrogens is 1. The highest BCUT2D eigenvalue weighted by Crippen LogP contribution is 2.38. The van der Waals surface area contributed by atoms with Gasteiger partial charge in [-0.25, -0.2) is 0 Å². The van der Waals surface area contributed by atoms with Crippen LogP contribution in [0.2, 0.25) is 5.02 Å². The van der Waals surface area contributed by atoms with Gasteiger partial charge in [-0.3, -0.25) is 14.6 Å². The number of ether oxygens (including phenoxy) is 1. The molecule has 0 saturated heterocycles. The van der Waals surface area contributed by atoms with Crippen molar-refractivity contribution in [2.24, 2.45) is 0 Å². The molecule has 0 spiro atoms. The third kappa shape index (κ3) is 6.37. The summed E-state index contributed by atoms with van der Waals surface area (Å²) < 4.78 is 45.1. The third-order valence-corrected chi connectivity index (χ3v) is 5.79. The average Bonchev–Trinajstić information content (AvgIpc) is 2.85. The van der Waals surface area contributed by atoms with Gasteiger partial charge in [0.1, 0.15) is 11.4 Å². The van der Waals surface area contributed by atoms with Gasteiger partial charge in [-0.15, -0.1) is 0 Å². The Balaban J connectivity index is 2.12.